The van der Waals surface area contributed by atoms with E-state index < -0.39 is 43.4 Å². The highest BCUT2D eigenvalue weighted by atomic mass is 19.1. The van der Waals surface area contributed by atoms with Crippen LogP contribution in [0.25, 0.3) is 0 Å². The molecule has 0 amide bonds. The Labute approximate surface area is 114 Å². The standard InChI is InChI=1S/C11H16FN5O3/c1-4-15-9(13)7-10(16-4)17(3-14-7)11-6(12)8(19)5(2-18)20-11/h3,5-8,10-11,18-19H,2H2,1H3,(H2,13,15,16). The van der Waals surface area contributed by atoms with Crippen molar-refractivity contribution in [2.45, 2.75) is 43.7 Å². The van der Waals surface area contributed by atoms with E-state index in [1.807, 2.05) is 0 Å². The molecule has 0 saturated carbocycles. The molecule has 3 aliphatic heterocycles. The fraction of sp³-hybridized carbons (Fsp3) is 0.727. The smallest absolute Gasteiger partial charge is 0.173 e. The zero-order valence-corrected chi connectivity index (χ0v) is 10.8. The molecule has 4 N–H and O–H groups in total. The number of nitrogens with two attached hydrogens (primary N) is 1. The summed E-state index contributed by atoms with van der Waals surface area (Å²) in [4.78, 5) is 14.0. The molecule has 1 saturated heterocycles. The molecular formula is C11H16FN5O3. The van der Waals surface area contributed by atoms with E-state index in [1.54, 1.807) is 6.92 Å². The van der Waals surface area contributed by atoms with Crippen LogP contribution in [0.15, 0.2) is 15.0 Å². The third-order valence-corrected chi connectivity index (χ3v) is 3.63. The van der Waals surface area contributed by atoms with E-state index in [0.717, 1.165) is 0 Å². The second-order valence-electron chi connectivity index (χ2n) is 4.97. The zero-order valence-electron chi connectivity index (χ0n) is 10.8. The number of hydrogen-bond acceptors (Lipinski definition) is 8. The highest BCUT2D eigenvalue weighted by Gasteiger charge is 2.50. The predicted molar refractivity (Wildman–Crippen MR) is 69.3 cm³/mol. The Bertz CT molecular complexity index is 496. The number of fused-ring (bicyclic) bond motifs is 1. The van der Waals surface area contributed by atoms with E-state index in [-0.39, 0.29) is 0 Å². The summed E-state index contributed by atoms with van der Waals surface area (Å²) in [5, 5.41) is 18.7. The molecule has 0 aromatic rings. The molecule has 110 valence electrons. The molecule has 3 rings (SSSR count). The normalized spacial score (nSPS) is 43.5. The van der Waals surface area contributed by atoms with E-state index in [9.17, 15) is 9.50 Å². The Balaban J connectivity index is 1.83. The van der Waals surface area contributed by atoms with Crippen LogP contribution in [0, 0.1) is 0 Å². The maximum atomic E-state index is 14.1. The summed E-state index contributed by atoms with van der Waals surface area (Å²) in [6, 6.07) is -0.472. The van der Waals surface area contributed by atoms with Crippen LogP contribution in [0.3, 0.4) is 0 Å². The van der Waals surface area contributed by atoms with Crippen LogP contribution in [0.1, 0.15) is 6.92 Å². The minimum atomic E-state index is -1.66. The van der Waals surface area contributed by atoms with Crippen molar-refractivity contribution >= 4 is 18.0 Å². The van der Waals surface area contributed by atoms with E-state index in [2.05, 4.69) is 15.0 Å². The summed E-state index contributed by atoms with van der Waals surface area (Å²) in [6.07, 6.45) is -4.17. The first-order valence-corrected chi connectivity index (χ1v) is 6.30. The molecule has 3 aliphatic rings. The number of halogens is 1. The van der Waals surface area contributed by atoms with E-state index in [4.69, 9.17) is 15.6 Å². The van der Waals surface area contributed by atoms with Crippen molar-refractivity contribution in [3.05, 3.63) is 0 Å². The number of aliphatic hydroxyl groups is 2. The largest absolute Gasteiger partial charge is 0.394 e. The third kappa shape index (κ3) is 1.89. The molecule has 3 heterocycles. The monoisotopic (exact) mass is 285 g/mol. The molecule has 0 aliphatic carbocycles. The van der Waals surface area contributed by atoms with Crippen molar-refractivity contribution in [3.8, 4) is 0 Å². The minimum Gasteiger partial charge on any atom is -0.394 e. The Morgan fingerprint density at radius 1 is 1.55 bits per heavy atom. The highest BCUT2D eigenvalue weighted by molar-refractivity contribution is 6.01. The van der Waals surface area contributed by atoms with E-state index in [1.165, 1.54) is 11.2 Å². The second kappa shape index (κ2) is 4.76. The third-order valence-electron chi connectivity index (χ3n) is 3.63. The molecule has 1 fully saturated rings. The Morgan fingerprint density at radius 3 is 2.95 bits per heavy atom. The lowest BCUT2D eigenvalue weighted by molar-refractivity contribution is -0.0692. The summed E-state index contributed by atoms with van der Waals surface area (Å²) in [5.74, 6) is 0.792. The summed E-state index contributed by atoms with van der Waals surface area (Å²) in [5.41, 5.74) is 5.79. The Kier molecular flexibility index (Phi) is 3.19. The van der Waals surface area contributed by atoms with Gasteiger partial charge in [-0.25, -0.2) is 14.4 Å². The average Bonchev–Trinajstić information content (AvgIpc) is 2.93. The quantitative estimate of drug-likeness (QED) is 0.555. The Morgan fingerprint density at radius 2 is 2.30 bits per heavy atom. The summed E-state index contributed by atoms with van der Waals surface area (Å²) < 4.78 is 19.5. The van der Waals surface area contributed by atoms with Gasteiger partial charge in [-0.15, -0.1) is 0 Å². The van der Waals surface area contributed by atoms with Crippen molar-refractivity contribution in [2.24, 2.45) is 20.7 Å². The topological polar surface area (TPSA) is 116 Å². The van der Waals surface area contributed by atoms with Crippen molar-refractivity contribution in [1.82, 2.24) is 4.90 Å². The van der Waals surface area contributed by atoms with Gasteiger partial charge >= 0.3 is 0 Å². The lowest BCUT2D eigenvalue weighted by atomic mass is 10.1. The average molecular weight is 285 g/mol. The van der Waals surface area contributed by atoms with Gasteiger partial charge in [0.15, 0.2) is 18.6 Å². The summed E-state index contributed by atoms with van der Waals surface area (Å²) in [6.45, 7) is 1.23. The lowest BCUT2D eigenvalue weighted by Gasteiger charge is -2.31. The molecule has 6 atom stereocenters. The van der Waals surface area contributed by atoms with Gasteiger partial charge < -0.3 is 25.6 Å². The molecule has 6 unspecified atom stereocenters. The van der Waals surface area contributed by atoms with Crippen LogP contribution < -0.4 is 5.73 Å². The fourth-order valence-corrected chi connectivity index (χ4v) is 2.61. The van der Waals surface area contributed by atoms with Gasteiger partial charge in [0.1, 0.15) is 29.9 Å². The van der Waals surface area contributed by atoms with Gasteiger partial charge in [-0.1, -0.05) is 0 Å². The number of rotatable bonds is 2. The van der Waals surface area contributed by atoms with Gasteiger partial charge in [0.05, 0.1) is 12.9 Å². The van der Waals surface area contributed by atoms with Crippen LogP contribution >= 0.6 is 0 Å². The van der Waals surface area contributed by atoms with Crippen LogP contribution in [-0.2, 0) is 4.74 Å². The Hall–Kier alpha value is -1.58. The maximum absolute atomic E-state index is 14.1. The number of nitrogens with zero attached hydrogens (tertiary/aromatic N) is 4. The lowest BCUT2D eigenvalue weighted by Crippen LogP contribution is -2.51. The highest BCUT2D eigenvalue weighted by Crippen LogP contribution is 2.31. The predicted octanol–water partition coefficient (Wildman–Crippen LogP) is -1.77. The van der Waals surface area contributed by atoms with Gasteiger partial charge in [-0.3, -0.25) is 4.99 Å². The number of aliphatic imine (C=N–C) groups is 3. The molecule has 0 radical (unpaired) electrons. The maximum Gasteiger partial charge on any atom is 0.173 e. The fourth-order valence-electron chi connectivity index (χ4n) is 2.61. The van der Waals surface area contributed by atoms with Gasteiger partial charge in [0.2, 0.25) is 0 Å². The SMILES string of the molecule is CC1=NC2C(N=CN2C2OC(CO)C(O)C2F)C(N)=N1. The first kappa shape index (κ1) is 13.4. The first-order chi connectivity index (χ1) is 9.52. The molecule has 8 nitrogen and oxygen atoms in total. The molecular weight excluding hydrogens is 269 g/mol. The number of amidine groups is 2. The molecule has 0 aromatic heterocycles. The van der Waals surface area contributed by atoms with Gasteiger partial charge in [-0.2, -0.15) is 0 Å². The number of hydrogen-bond donors (Lipinski definition) is 3. The van der Waals surface area contributed by atoms with Crippen LogP contribution in [0.4, 0.5) is 4.39 Å². The molecule has 0 bridgehead atoms. The molecule has 20 heavy (non-hydrogen) atoms. The number of ether oxygens (including phenoxy) is 1. The zero-order chi connectivity index (χ0) is 14.4. The van der Waals surface area contributed by atoms with Crippen molar-refractivity contribution in [2.75, 3.05) is 6.61 Å². The molecule has 0 spiro atoms. The van der Waals surface area contributed by atoms with Crippen LogP contribution in [0.5, 0.6) is 0 Å². The van der Waals surface area contributed by atoms with Crippen molar-refractivity contribution < 1.29 is 19.3 Å². The first-order valence-electron chi connectivity index (χ1n) is 6.30. The van der Waals surface area contributed by atoms with Crippen LogP contribution in [0.2, 0.25) is 0 Å². The van der Waals surface area contributed by atoms with Gasteiger partial charge in [0.25, 0.3) is 0 Å². The van der Waals surface area contributed by atoms with Crippen LogP contribution in [-0.4, -0.2) is 76.5 Å². The number of alkyl halides is 1. The second-order valence-corrected chi connectivity index (χ2v) is 4.97. The van der Waals surface area contributed by atoms with Gasteiger partial charge in [0, 0.05) is 0 Å². The van der Waals surface area contributed by atoms with Crippen molar-refractivity contribution in [3.63, 3.8) is 0 Å². The summed E-state index contributed by atoms with van der Waals surface area (Å²) >= 11 is 0. The minimum absolute atomic E-state index is 0.314. The summed E-state index contributed by atoms with van der Waals surface area (Å²) in [7, 11) is 0. The van der Waals surface area contributed by atoms with Crippen molar-refractivity contribution in [1.29, 1.82) is 0 Å². The molecule has 9 heteroatoms. The molecule has 0 aromatic carbocycles. The van der Waals surface area contributed by atoms with E-state index in [0.29, 0.717) is 11.7 Å². The number of aliphatic hydroxyl groups excluding tert-OH is 2. The van der Waals surface area contributed by atoms with E-state index >= 15 is 0 Å². The van der Waals surface area contributed by atoms with Gasteiger partial charge in [-0.05, 0) is 6.92 Å².